The van der Waals surface area contributed by atoms with Gasteiger partial charge in [-0.15, -0.1) is 11.3 Å². The predicted octanol–water partition coefficient (Wildman–Crippen LogP) is 6.69. The van der Waals surface area contributed by atoms with Crippen molar-refractivity contribution in [2.45, 2.75) is 25.7 Å². The van der Waals surface area contributed by atoms with Crippen LogP contribution in [0.2, 0.25) is 0 Å². The van der Waals surface area contributed by atoms with Crippen LogP contribution in [0.5, 0.6) is 0 Å². The van der Waals surface area contributed by atoms with Crippen LogP contribution >= 0.6 is 11.3 Å². The van der Waals surface area contributed by atoms with Crippen LogP contribution in [-0.2, 0) is 12.8 Å². The fourth-order valence-electron chi connectivity index (χ4n) is 6.00. The number of pyridine rings is 2. The summed E-state index contributed by atoms with van der Waals surface area (Å²) < 4.78 is 0. The molecule has 7 rings (SSSR count). The first kappa shape index (κ1) is 28.6. The van der Waals surface area contributed by atoms with E-state index in [4.69, 9.17) is 0 Å². The van der Waals surface area contributed by atoms with Crippen LogP contribution in [0.25, 0.3) is 10.4 Å². The third kappa shape index (κ3) is 5.86. The Morgan fingerprint density at radius 3 is 2.40 bits per heavy atom. The van der Waals surface area contributed by atoms with Gasteiger partial charge in [-0.2, -0.15) is 0 Å². The summed E-state index contributed by atoms with van der Waals surface area (Å²) in [5.74, 6) is 0.401. The van der Waals surface area contributed by atoms with Gasteiger partial charge < -0.3 is 15.1 Å². The molecule has 9 heteroatoms. The standard InChI is InChI=1S/C36H31N5O3S/c42-31(23-27-8-3-4-17-37-27)32-22-25-16-21-41(30-11-2-1-9-28(30)33(25)45-32)36(44)24-12-14-26(15-13-24)39-35(43)29-10-7-18-38-34(29)40-19-5-6-20-40/h1-4,7-15,17-18,22H,5-6,16,19-21,23H2,(H,39,43). The van der Waals surface area contributed by atoms with Crippen molar-refractivity contribution in [2.24, 2.45) is 0 Å². The molecule has 0 saturated carbocycles. The highest BCUT2D eigenvalue weighted by molar-refractivity contribution is 7.17. The average Bonchev–Trinajstić information content (AvgIpc) is 3.74. The number of amides is 2. The van der Waals surface area contributed by atoms with Crippen LogP contribution in [-0.4, -0.2) is 47.2 Å². The van der Waals surface area contributed by atoms with Crippen molar-refractivity contribution in [1.82, 2.24) is 9.97 Å². The minimum absolute atomic E-state index is 0.0418. The number of carbonyl (C=O) groups excluding carboxylic acids is 3. The Balaban J connectivity index is 1.09. The van der Waals surface area contributed by atoms with Crippen molar-refractivity contribution in [1.29, 1.82) is 0 Å². The SMILES string of the molecule is O=C(Cc1ccccn1)c1cc2c(s1)-c1ccccc1N(C(=O)c1ccc(NC(=O)c3cccnc3N3CCCC3)cc1)CC2. The first-order valence-electron chi connectivity index (χ1n) is 15.1. The number of benzene rings is 2. The van der Waals surface area contributed by atoms with Gasteiger partial charge in [0.05, 0.1) is 22.5 Å². The molecule has 2 amide bonds. The number of nitrogens with zero attached hydrogens (tertiary/aromatic N) is 4. The van der Waals surface area contributed by atoms with Crippen LogP contribution in [0.15, 0.2) is 97.3 Å². The van der Waals surface area contributed by atoms with Gasteiger partial charge in [0.15, 0.2) is 5.78 Å². The van der Waals surface area contributed by atoms with Gasteiger partial charge in [0, 0.05) is 59.4 Å². The van der Waals surface area contributed by atoms with E-state index in [9.17, 15) is 14.4 Å². The van der Waals surface area contributed by atoms with Crippen LogP contribution < -0.4 is 15.1 Å². The molecular formula is C36H31N5O3S. The third-order valence-corrected chi connectivity index (χ3v) is 9.52. The molecule has 2 aliphatic rings. The molecule has 1 fully saturated rings. The van der Waals surface area contributed by atoms with Crippen LogP contribution in [0, 0.1) is 0 Å². The zero-order chi connectivity index (χ0) is 30.8. The molecule has 0 spiro atoms. The molecule has 0 radical (unpaired) electrons. The number of hydrogen-bond donors (Lipinski definition) is 1. The molecule has 1 N–H and O–H groups in total. The third-order valence-electron chi connectivity index (χ3n) is 8.27. The highest BCUT2D eigenvalue weighted by atomic mass is 32.1. The molecule has 3 aromatic heterocycles. The van der Waals surface area contributed by atoms with Gasteiger partial charge >= 0.3 is 0 Å². The number of fused-ring (bicyclic) bond motifs is 3. The number of carbonyl (C=O) groups is 3. The second kappa shape index (κ2) is 12.5. The maximum Gasteiger partial charge on any atom is 0.259 e. The minimum atomic E-state index is -0.227. The number of anilines is 3. The summed E-state index contributed by atoms with van der Waals surface area (Å²) >= 11 is 1.48. The number of Topliss-reactive ketones (excluding diaryl/α,β-unsaturated/α-hetero) is 1. The summed E-state index contributed by atoms with van der Waals surface area (Å²) in [6, 6.07) is 26.0. The van der Waals surface area contributed by atoms with Crippen LogP contribution in [0.1, 0.15) is 54.5 Å². The first-order chi connectivity index (χ1) is 22.0. The summed E-state index contributed by atoms with van der Waals surface area (Å²) in [7, 11) is 0. The molecule has 0 aliphatic carbocycles. The summed E-state index contributed by atoms with van der Waals surface area (Å²) in [5.41, 5.74) is 5.23. The lowest BCUT2D eigenvalue weighted by molar-refractivity contribution is 0.0982. The molecule has 2 aliphatic heterocycles. The summed E-state index contributed by atoms with van der Waals surface area (Å²) in [6.45, 7) is 2.27. The van der Waals surface area contributed by atoms with Gasteiger partial charge in [-0.05, 0) is 85.5 Å². The zero-order valence-corrected chi connectivity index (χ0v) is 25.4. The van der Waals surface area contributed by atoms with Crippen molar-refractivity contribution in [3.8, 4) is 10.4 Å². The first-order valence-corrected chi connectivity index (χ1v) is 16.0. The molecule has 0 unspecified atom stereocenters. The molecule has 1 saturated heterocycles. The van der Waals surface area contributed by atoms with Crippen LogP contribution in [0.4, 0.5) is 17.2 Å². The van der Waals surface area contributed by atoms with Crippen molar-refractivity contribution >= 4 is 46.1 Å². The van der Waals surface area contributed by atoms with E-state index in [1.165, 1.54) is 11.3 Å². The normalized spacial score (nSPS) is 14.0. The number of thiophene rings is 1. The Labute approximate surface area is 265 Å². The summed E-state index contributed by atoms with van der Waals surface area (Å²) in [5, 5.41) is 2.97. The summed E-state index contributed by atoms with van der Waals surface area (Å²) in [4.78, 5) is 54.7. The lowest BCUT2D eigenvalue weighted by Crippen LogP contribution is -2.32. The van der Waals surface area contributed by atoms with Gasteiger partial charge in [0.1, 0.15) is 5.82 Å². The van der Waals surface area contributed by atoms with Gasteiger partial charge in [0.25, 0.3) is 11.8 Å². The lowest BCUT2D eigenvalue weighted by atomic mass is 10.1. The Kier molecular flexibility index (Phi) is 7.92. The topological polar surface area (TPSA) is 95.5 Å². The van der Waals surface area contributed by atoms with Gasteiger partial charge in [0.2, 0.25) is 0 Å². The number of nitrogens with one attached hydrogen (secondary N) is 1. The highest BCUT2D eigenvalue weighted by Gasteiger charge is 2.28. The number of aromatic nitrogens is 2. The second-order valence-electron chi connectivity index (χ2n) is 11.2. The monoisotopic (exact) mass is 613 g/mol. The fraction of sp³-hybridized carbons (Fsp3) is 0.194. The van der Waals surface area contributed by atoms with Gasteiger partial charge in [-0.3, -0.25) is 19.4 Å². The van der Waals surface area contributed by atoms with E-state index in [-0.39, 0.29) is 24.0 Å². The number of rotatable bonds is 7. The van der Waals surface area contributed by atoms with E-state index in [1.807, 2.05) is 53.4 Å². The fourth-order valence-corrected chi connectivity index (χ4v) is 7.19. The van der Waals surface area contributed by atoms with E-state index in [2.05, 4.69) is 20.2 Å². The van der Waals surface area contributed by atoms with E-state index < -0.39 is 0 Å². The Morgan fingerprint density at radius 2 is 1.60 bits per heavy atom. The van der Waals surface area contributed by atoms with E-state index in [0.717, 1.165) is 53.3 Å². The maximum absolute atomic E-state index is 13.9. The Bertz CT molecular complexity index is 1880. The van der Waals surface area contributed by atoms with E-state index in [1.54, 1.807) is 48.8 Å². The molecule has 0 atom stereocenters. The van der Waals surface area contributed by atoms with Crippen LogP contribution in [0.3, 0.4) is 0 Å². The van der Waals surface area contributed by atoms with Gasteiger partial charge in [-0.25, -0.2) is 4.98 Å². The van der Waals surface area contributed by atoms with Crippen molar-refractivity contribution in [2.75, 3.05) is 34.8 Å². The van der Waals surface area contributed by atoms with Crippen molar-refractivity contribution in [3.63, 3.8) is 0 Å². The molecule has 0 bridgehead atoms. The van der Waals surface area contributed by atoms with E-state index in [0.29, 0.717) is 40.5 Å². The second-order valence-corrected chi connectivity index (χ2v) is 12.3. The predicted molar refractivity (Wildman–Crippen MR) is 177 cm³/mol. The Morgan fingerprint density at radius 1 is 0.822 bits per heavy atom. The largest absolute Gasteiger partial charge is 0.356 e. The maximum atomic E-state index is 13.9. The molecular weight excluding hydrogens is 582 g/mol. The lowest BCUT2D eigenvalue weighted by Gasteiger charge is -2.23. The number of hydrogen-bond acceptors (Lipinski definition) is 7. The average molecular weight is 614 g/mol. The zero-order valence-electron chi connectivity index (χ0n) is 24.6. The van der Waals surface area contributed by atoms with Crippen molar-refractivity contribution < 1.29 is 14.4 Å². The molecule has 5 aromatic rings. The summed E-state index contributed by atoms with van der Waals surface area (Å²) in [6.07, 6.45) is 6.48. The quantitative estimate of drug-likeness (QED) is 0.206. The molecule has 5 heterocycles. The molecule has 2 aromatic carbocycles. The highest BCUT2D eigenvalue weighted by Crippen LogP contribution is 2.42. The minimum Gasteiger partial charge on any atom is -0.356 e. The molecule has 224 valence electrons. The molecule has 8 nitrogen and oxygen atoms in total. The van der Waals surface area contributed by atoms with Crippen molar-refractivity contribution in [3.05, 3.63) is 125 Å². The number of para-hydroxylation sites is 1. The van der Waals surface area contributed by atoms with E-state index >= 15 is 0 Å². The smallest absolute Gasteiger partial charge is 0.259 e. The van der Waals surface area contributed by atoms with Gasteiger partial charge in [-0.1, -0.05) is 24.3 Å². The molecule has 45 heavy (non-hydrogen) atoms. The Hall–Kier alpha value is -5.15. The number of ketones is 1.